The van der Waals surface area contributed by atoms with Gasteiger partial charge in [-0.1, -0.05) is 18.0 Å². The number of carbonyl (C=O) groups is 1. The summed E-state index contributed by atoms with van der Waals surface area (Å²) in [6.07, 6.45) is 3.36. The van der Waals surface area contributed by atoms with Crippen LogP contribution in [-0.2, 0) is 0 Å². The summed E-state index contributed by atoms with van der Waals surface area (Å²) in [4.78, 5) is 20.1. The average molecular weight is 403 g/mol. The van der Waals surface area contributed by atoms with Gasteiger partial charge in [0, 0.05) is 24.7 Å². The lowest BCUT2D eigenvalue weighted by atomic mass is 10.1. The fraction of sp³-hybridized carbons (Fsp3) is 0.300. The Kier molecular flexibility index (Phi) is 5.19. The molecule has 0 unspecified atom stereocenters. The quantitative estimate of drug-likeness (QED) is 0.687. The Morgan fingerprint density at radius 3 is 2.79 bits per heavy atom. The molecular weight excluding hydrogens is 383 g/mol. The number of benzene rings is 2. The molecule has 1 aliphatic rings. The van der Waals surface area contributed by atoms with E-state index in [9.17, 15) is 9.18 Å². The van der Waals surface area contributed by atoms with Gasteiger partial charge in [0.25, 0.3) is 5.91 Å². The number of methoxy groups -OCH3 is 1. The molecule has 2 aromatic carbocycles. The maximum absolute atomic E-state index is 13.7. The molecule has 1 saturated heterocycles. The topological polar surface area (TPSA) is 70.2 Å². The van der Waals surface area contributed by atoms with Crippen molar-refractivity contribution in [3.05, 3.63) is 46.7 Å². The van der Waals surface area contributed by atoms with Crippen LogP contribution >= 0.6 is 11.6 Å². The second-order valence-electron chi connectivity index (χ2n) is 6.77. The van der Waals surface area contributed by atoms with Crippen molar-refractivity contribution in [3.63, 3.8) is 0 Å². The molecule has 0 aliphatic carbocycles. The lowest BCUT2D eigenvalue weighted by Gasteiger charge is -2.26. The number of imidazole rings is 1. The maximum atomic E-state index is 13.7. The van der Waals surface area contributed by atoms with Gasteiger partial charge in [0.1, 0.15) is 17.4 Å². The molecule has 2 heterocycles. The van der Waals surface area contributed by atoms with Crippen molar-refractivity contribution < 1.29 is 13.9 Å². The van der Waals surface area contributed by atoms with Crippen LogP contribution < -0.4 is 10.2 Å². The number of hydrogen-bond acceptors (Lipinski definition) is 4. The highest BCUT2D eigenvalue weighted by atomic mass is 35.5. The third-order valence-corrected chi connectivity index (χ3v) is 5.15. The van der Waals surface area contributed by atoms with Crippen LogP contribution in [0.15, 0.2) is 30.3 Å². The first-order chi connectivity index (χ1) is 13.5. The van der Waals surface area contributed by atoms with Crippen LogP contribution in [-0.4, -0.2) is 41.1 Å². The number of nitrogens with zero attached hydrogens (tertiary/aromatic N) is 2. The summed E-state index contributed by atoms with van der Waals surface area (Å²) in [7, 11) is 1.53. The fourth-order valence-corrected chi connectivity index (χ4v) is 3.53. The second kappa shape index (κ2) is 7.77. The predicted octanol–water partition coefficient (Wildman–Crippen LogP) is 4.16. The van der Waals surface area contributed by atoms with E-state index in [4.69, 9.17) is 16.3 Å². The molecule has 0 spiro atoms. The highest BCUT2D eigenvalue weighted by molar-refractivity contribution is 6.31. The van der Waals surface area contributed by atoms with Crippen LogP contribution in [0.5, 0.6) is 5.75 Å². The zero-order valence-corrected chi connectivity index (χ0v) is 16.1. The van der Waals surface area contributed by atoms with Gasteiger partial charge in [-0.3, -0.25) is 10.2 Å². The Hall–Kier alpha value is -2.64. The fourth-order valence-electron chi connectivity index (χ4n) is 3.37. The number of aromatic nitrogens is 2. The smallest absolute Gasteiger partial charge is 0.265 e. The van der Waals surface area contributed by atoms with Gasteiger partial charge in [0.05, 0.1) is 28.7 Å². The van der Waals surface area contributed by atoms with E-state index in [-0.39, 0.29) is 10.9 Å². The summed E-state index contributed by atoms with van der Waals surface area (Å²) in [5.74, 6) is 0.319. The first kappa shape index (κ1) is 18.7. The van der Waals surface area contributed by atoms with E-state index in [1.54, 1.807) is 18.2 Å². The van der Waals surface area contributed by atoms with Crippen molar-refractivity contribution in [2.75, 3.05) is 20.2 Å². The van der Waals surface area contributed by atoms with Crippen molar-refractivity contribution in [1.82, 2.24) is 20.4 Å². The van der Waals surface area contributed by atoms with Crippen molar-refractivity contribution in [1.29, 1.82) is 0 Å². The van der Waals surface area contributed by atoms with Gasteiger partial charge < -0.3 is 9.72 Å². The summed E-state index contributed by atoms with van der Waals surface area (Å²) in [6.45, 7) is 1.72. The van der Waals surface area contributed by atoms with Gasteiger partial charge >= 0.3 is 0 Å². The standard InChI is InChI=1S/C20H20ClFN4O2/c1-28-18-9-12(20(27)25-26-7-3-2-4-8-26)5-6-13(18)19-23-16-10-14(21)15(22)11-17(16)24-19/h5-6,9-11H,2-4,7-8H2,1H3,(H,23,24)(H,25,27). The molecule has 4 rings (SSSR count). The number of carbonyl (C=O) groups excluding carboxylic acids is 1. The molecule has 1 aromatic heterocycles. The number of aromatic amines is 1. The number of nitrogens with one attached hydrogen (secondary N) is 2. The van der Waals surface area contributed by atoms with Crippen molar-refractivity contribution in [3.8, 4) is 17.1 Å². The molecule has 146 valence electrons. The van der Waals surface area contributed by atoms with E-state index in [1.165, 1.54) is 25.7 Å². The van der Waals surface area contributed by atoms with Gasteiger partial charge in [0.15, 0.2) is 0 Å². The summed E-state index contributed by atoms with van der Waals surface area (Å²) >= 11 is 5.84. The van der Waals surface area contributed by atoms with Crippen LogP contribution in [0.1, 0.15) is 29.6 Å². The molecule has 0 bridgehead atoms. The monoisotopic (exact) mass is 402 g/mol. The predicted molar refractivity (Wildman–Crippen MR) is 106 cm³/mol. The Labute approximate surface area is 166 Å². The number of H-pyrrole nitrogens is 1. The molecule has 6 nitrogen and oxygen atoms in total. The average Bonchev–Trinajstić information content (AvgIpc) is 3.11. The van der Waals surface area contributed by atoms with E-state index < -0.39 is 5.82 Å². The summed E-state index contributed by atoms with van der Waals surface area (Å²) in [5, 5.41) is 1.96. The third-order valence-electron chi connectivity index (χ3n) is 4.86. The molecule has 0 saturated carbocycles. The van der Waals surface area contributed by atoms with E-state index in [1.807, 2.05) is 5.01 Å². The number of piperidine rings is 1. The molecule has 0 radical (unpaired) electrons. The van der Waals surface area contributed by atoms with E-state index in [2.05, 4.69) is 15.4 Å². The van der Waals surface area contributed by atoms with Gasteiger partial charge in [-0.05, 0) is 37.1 Å². The number of ether oxygens (including phenoxy) is 1. The van der Waals surface area contributed by atoms with Crippen LogP contribution in [0, 0.1) is 5.82 Å². The molecule has 3 aromatic rings. The van der Waals surface area contributed by atoms with Gasteiger partial charge in [-0.2, -0.15) is 0 Å². The molecule has 2 N–H and O–H groups in total. The maximum Gasteiger partial charge on any atom is 0.265 e. The van der Waals surface area contributed by atoms with Crippen LogP contribution in [0.25, 0.3) is 22.4 Å². The summed E-state index contributed by atoms with van der Waals surface area (Å²) in [6, 6.07) is 7.94. The zero-order chi connectivity index (χ0) is 19.7. The van der Waals surface area contributed by atoms with Crippen molar-refractivity contribution >= 4 is 28.5 Å². The largest absolute Gasteiger partial charge is 0.496 e. The van der Waals surface area contributed by atoms with Gasteiger partial charge in [-0.15, -0.1) is 0 Å². The SMILES string of the molecule is COc1cc(C(=O)NN2CCCCC2)ccc1-c1nc2cc(Cl)c(F)cc2[nH]1. The van der Waals surface area contributed by atoms with Crippen molar-refractivity contribution in [2.24, 2.45) is 0 Å². The lowest BCUT2D eigenvalue weighted by molar-refractivity contribution is 0.0750. The molecular formula is C20H20ClFN4O2. The molecule has 1 fully saturated rings. The molecule has 1 amide bonds. The number of hydrogen-bond donors (Lipinski definition) is 2. The first-order valence-electron chi connectivity index (χ1n) is 9.14. The first-order valence-corrected chi connectivity index (χ1v) is 9.52. The van der Waals surface area contributed by atoms with Gasteiger partial charge in [0.2, 0.25) is 0 Å². The minimum absolute atomic E-state index is 0.0160. The number of fused-ring (bicyclic) bond motifs is 1. The molecule has 1 aliphatic heterocycles. The second-order valence-corrected chi connectivity index (χ2v) is 7.18. The minimum Gasteiger partial charge on any atom is -0.496 e. The summed E-state index contributed by atoms with van der Waals surface area (Å²) < 4.78 is 19.2. The Morgan fingerprint density at radius 2 is 2.04 bits per heavy atom. The molecule has 28 heavy (non-hydrogen) atoms. The van der Waals surface area contributed by atoms with Crippen LogP contribution in [0.4, 0.5) is 4.39 Å². The zero-order valence-electron chi connectivity index (χ0n) is 15.4. The number of amides is 1. The van der Waals surface area contributed by atoms with Crippen molar-refractivity contribution in [2.45, 2.75) is 19.3 Å². The Morgan fingerprint density at radius 1 is 1.25 bits per heavy atom. The number of rotatable bonds is 4. The van der Waals surface area contributed by atoms with E-state index in [0.29, 0.717) is 33.7 Å². The number of hydrazine groups is 1. The minimum atomic E-state index is -0.513. The highest BCUT2D eigenvalue weighted by Gasteiger charge is 2.18. The highest BCUT2D eigenvalue weighted by Crippen LogP contribution is 2.31. The van der Waals surface area contributed by atoms with E-state index in [0.717, 1.165) is 25.9 Å². The summed E-state index contributed by atoms with van der Waals surface area (Å²) in [5.41, 5.74) is 5.19. The lowest BCUT2D eigenvalue weighted by Crippen LogP contribution is -2.45. The van der Waals surface area contributed by atoms with Crippen LogP contribution in [0.3, 0.4) is 0 Å². The van der Waals surface area contributed by atoms with E-state index >= 15 is 0 Å². The molecule has 8 heteroatoms. The Bertz CT molecular complexity index is 991. The Balaban J connectivity index is 1.62. The molecule has 0 atom stereocenters. The normalized spacial score (nSPS) is 15.0. The number of halogens is 2. The van der Waals surface area contributed by atoms with Crippen LogP contribution in [0.2, 0.25) is 5.02 Å². The van der Waals surface area contributed by atoms with Gasteiger partial charge in [-0.25, -0.2) is 14.4 Å². The third kappa shape index (κ3) is 3.68.